The Bertz CT molecular complexity index is 443. The summed E-state index contributed by atoms with van der Waals surface area (Å²) in [5.74, 6) is 0.827. The molecule has 98 valence electrons. The number of hydrogen-bond acceptors (Lipinski definition) is 5. The molecule has 0 spiro atoms. The molecule has 18 heavy (non-hydrogen) atoms. The van der Waals surface area contributed by atoms with E-state index in [4.69, 9.17) is 4.74 Å². The first-order chi connectivity index (χ1) is 8.60. The van der Waals surface area contributed by atoms with Crippen LogP contribution in [0.2, 0.25) is 0 Å². The van der Waals surface area contributed by atoms with E-state index in [2.05, 4.69) is 4.74 Å². The van der Waals surface area contributed by atoms with Gasteiger partial charge in [0.2, 0.25) is 0 Å². The van der Waals surface area contributed by atoms with Crippen LogP contribution >= 0.6 is 11.8 Å². The lowest BCUT2D eigenvalue weighted by Gasteiger charge is -2.10. The van der Waals surface area contributed by atoms with Crippen LogP contribution in [-0.2, 0) is 9.53 Å². The van der Waals surface area contributed by atoms with E-state index < -0.39 is 0 Å². The van der Waals surface area contributed by atoms with E-state index in [9.17, 15) is 9.59 Å². The standard InChI is InChI=1S/C13H16O4S/c1-9(14)13-10(16-2)5-4-6-11(13)18-8-7-12(15)17-3/h4-6H,7-8H2,1-3H3. The smallest absolute Gasteiger partial charge is 0.306 e. The third kappa shape index (κ3) is 3.77. The number of Topliss-reactive ketones (excluding diaryl/α,β-unsaturated/α-hetero) is 1. The summed E-state index contributed by atoms with van der Waals surface area (Å²) in [5, 5.41) is 0. The third-order valence-electron chi connectivity index (χ3n) is 2.35. The van der Waals surface area contributed by atoms with Crippen molar-refractivity contribution in [3.8, 4) is 5.75 Å². The van der Waals surface area contributed by atoms with Gasteiger partial charge in [0.15, 0.2) is 5.78 Å². The van der Waals surface area contributed by atoms with E-state index >= 15 is 0 Å². The van der Waals surface area contributed by atoms with Crippen LogP contribution in [0.4, 0.5) is 0 Å². The molecule has 0 aliphatic heterocycles. The van der Waals surface area contributed by atoms with Gasteiger partial charge in [-0.2, -0.15) is 0 Å². The predicted molar refractivity (Wildman–Crippen MR) is 70.4 cm³/mol. The Balaban J connectivity index is 2.82. The number of benzene rings is 1. The quantitative estimate of drug-likeness (QED) is 0.451. The van der Waals surface area contributed by atoms with Gasteiger partial charge < -0.3 is 9.47 Å². The minimum absolute atomic E-state index is 0.0481. The molecule has 0 aliphatic rings. The molecule has 0 N–H and O–H groups in total. The first-order valence-electron chi connectivity index (χ1n) is 5.47. The number of esters is 1. The van der Waals surface area contributed by atoms with Gasteiger partial charge in [-0.3, -0.25) is 9.59 Å². The normalized spacial score (nSPS) is 9.94. The van der Waals surface area contributed by atoms with Crippen molar-refractivity contribution < 1.29 is 19.1 Å². The van der Waals surface area contributed by atoms with Crippen molar-refractivity contribution in [1.82, 2.24) is 0 Å². The second-order valence-corrected chi connectivity index (χ2v) is 4.70. The number of carbonyl (C=O) groups excluding carboxylic acids is 2. The number of carbonyl (C=O) groups is 2. The largest absolute Gasteiger partial charge is 0.496 e. The zero-order valence-electron chi connectivity index (χ0n) is 10.7. The van der Waals surface area contributed by atoms with Crippen LogP contribution in [0.15, 0.2) is 23.1 Å². The average molecular weight is 268 g/mol. The Morgan fingerprint density at radius 1 is 1.28 bits per heavy atom. The second-order valence-electron chi connectivity index (χ2n) is 3.56. The van der Waals surface area contributed by atoms with Gasteiger partial charge in [0.05, 0.1) is 26.2 Å². The molecule has 5 heteroatoms. The average Bonchev–Trinajstić information content (AvgIpc) is 2.37. The molecule has 0 saturated heterocycles. The molecule has 1 aromatic rings. The summed E-state index contributed by atoms with van der Waals surface area (Å²) in [6.45, 7) is 1.50. The van der Waals surface area contributed by atoms with Gasteiger partial charge in [0, 0.05) is 10.6 Å². The molecule has 0 unspecified atom stereocenters. The van der Waals surface area contributed by atoms with Crippen molar-refractivity contribution in [2.45, 2.75) is 18.2 Å². The fourth-order valence-corrected chi connectivity index (χ4v) is 2.55. The first kappa shape index (κ1) is 14.6. The molecule has 0 radical (unpaired) electrons. The Morgan fingerprint density at radius 2 is 2.00 bits per heavy atom. The summed E-state index contributed by atoms with van der Waals surface area (Å²) in [7, 11) is 2.89. The van der Waals surface area contributed by atoms with E-state index in [1.165, 1.54) is 32.9 Å². The van der Waals surface area contributed by atoms with Crippen molar-refractivity contribution >= 4 is 23.5 Å². The molecule has 0 bridgehead atoms. The molecular formula is C13H16O4S. The minimum Gasteiger partial charge on any atom is -0.496 e. The molecule has 0 aromatic heterocycles. The first-order valence-corrected chi connectivity index (χ1v) is 6.46. The highest BCUT2D eigenvalue weighted by Gasteiger charge is 2.14. The van der Waals surface area contributed by atoms with Crippen molar-refractivity contribution in [2.24, 2.45) is 0 Å². The highest BCUT2D eigenvalue weighted by atomic mass is 32.2. The van der Waals surface area contributed by atoms with Crippen LogP contribution < -0.4 is 4.74 Å². The van der Waals surface area contributed by atoms with Gasteiger partial charge in [0.1, 0.15) is 5.75 Å². The maximum Gasteiger partial charge on any atom is 0.306 e. The SMILES string of the molecule is COC(=O)CCSc1cccc(OC)c1C(C)=O. The number of ketones is 1. The van der Waals surface area contributed by atoms with E-state index in [-0.39, 0.29) is 11.8 Å². The van der Waals surface area contributed by atoms with Crippen LogP contribution in [0.3, 0.4) is 0 Å². The second kappa shape index (κ2) is 7.06. The van der Waals surface area contributed by atoms with Crippen LogP contribution in [-0.4, -0.2) is 31.7 Å². The van der Waals surface area contributed by atoms with E-state index in [1.807, 2.05) is 12.1 Å². The third-order valence-corrected chi connectivity index (χ3v) is 3.41. The summed E-state index contributed by atoms with van der Waals surface area (Å²) >= 11 is 1.45. The van der Waals surface area contributed by atoms with E-state index in [1.54, 1.807) is 6.07 Å². The predicted octanol–water partition coefficient (Wildman–Crippen LogP) is 2.55. The molecule has 0 aliphatic carbocycles. The number of ether oxygens (including phenoxy) is 2. The zero-order chi connectivity index (χ0) is 13.5. The fourth-order valence-electron chi connectivity index (χ4n) is 1.49. The topological polar surface area (TPSA) is 52.6 Å². The molecule has 0 saturated carbocycles. The molecule has 0 heterocycles. The maximum atomic E-state index is 11.6. The molecular weight excluding hydrogens is 252 g/mol. The minimum atomic E-state index is -0.255. The van der Waals surface area contributed by atoms with Crippen LogP contribution in [0.1, 0.15) is 23.7 Å². The molecule has 4 nitrogen and oxygen atoms in total. The van der Waals surface area contributed by atoms with E-state index in [0.29, 0.717) is 23.5 Å². The zero-order valence-corrected chi connectivity index (χ0v) is 11.5. The summed E-state index contributed by atoms with van der Waals surface area (Å²) in [4.78, 5) is 23.5. The maximum absolute atomic E-state index is 11.6. The highest BCUT2D eigenvalue weighted by Crippen LogP contribution is 2.30. The number of hydrogen-bond donors (Lipinski definition) is 0. The molecule has 0 atom stereocenters. The molecule has 1 rings (SSSR count). The summed E-state index contributed by atoms with van der Waals surface area (Å²) in [6.07, 6.45) is 0.315. The highest BCUT2D eigenvalue weighted by molar-refractivity contribution is 7.99. The number of rotatable bonds is 6. The van der Waals surface area contributed by atoms with Crippen molar-refractivity contribution in [3.05, 3.63) is 23.8 Å². The van der Waals surface area contributed by atoms with Gasteiger partial charge in [0.25, 0.3) is 0 Å². The van der Waals surface area contributed by atoms with Crippen LogP contribution in [0.25, 0.3) is 0 Å². The Morgan fingerprint density at radius 3 is 2.56 bits per heavy atom. The molecule has 0 fully saturated rings. The lowest BCUT2D eigenvalue weighted by atomic mass is 10.1. The summed E-state index contributed by atoms with van der Waals surface area (Å²) in [6, 6.07) is 5.42. The van der Waals surface area contributed by atoms with Crippen LogP contribution in [0.5, 0.6) is 5.75 Å². The van der Waals surface area contributed by atoms with Crippen molar-refractivity contribution in [1.29, 1.82) is 0 Å². The lowest BCUT2D eigenvalue weighted by molar-refractivity contribution is -0.140. The van der Waals surface area contributed by atoms with Gasteiger partial charge in [-0.1, -0.05) is 6.07 Å². The molecule has 1 aromatic carbocycles. The van der Waals surface area contributed by atoms with Gasteiger partial charge in [-0.25, -0.2) is 0 Å². The van der Waals surface area contributed by atoms with Gasteiger partial charge >= 0.3 is 5.97 Å². The van der Waals surface area contributed by atoms with Crippen molar-refractivity contribution in [2.75, 3.05) is 20.0 Å². The Hall–Kier alpha value is -1.49. The summed E-state index contributed by atoms with van der Waals surface area (Å²) in [5.41, 5.74) is 0.565. The van der Waals surface area contributed by atoms with Gasteiger partial charge in [-0.05, 0) is 19.1 Å². The number of thioether (sulfide) groups is 1. The number of methoxy groups -OCH3 is 2. The van der Waals surface area contributed by atoms with Gasteiger partial charge in [-0.15, -0.1) is 11.8 Å². The lowest BCUT2D eigenvalue weighted by Crippen LogP contribution is -2.03. The van der Waals surface area contributed by atoms with Crippen molar-refractivity contribution in [3.63, 3.8) is 0 Å². The fraction of sp³-hybridized carbons (Fsp3) is 0.385. The Kier molecular flexibility index (Phi) is 5.71. The summed E-state index contributed by atoms with van der Waals surface area (Å²) < 4.78 is 9.74. The Labute approximate surface area is 111 Å². The monoisotopic (exact) mass is 268 g/mol. The van der Waals surface area contributed by atoms with Crippen LogP contribution in [0, 0.1) is 0 Å². The molecule has 0 amide bonds. The van der Waals surface area contributed by atoms with E-state index in [0.717, 1.165) is 4.90 Å².